The molecule has 0 heterocycles. The van der Waals surface area contributed by atoms with Crippen LogP contribution >= 0.6 is 15.9 Å². The molecule has 1 aliphatic carbocycles. The van der Waals surface area contributed by atoms with Crippen LogP contribution in [0.3, 0.4) is 0 Å². The third kappa shape index (κ3) is 4.62. The number of benzene rings is 1. The van der Waals surface area contributed by atoms with Crippen LogP contribution in [-0.4, -0.2) is 18.5 Å². The quantitative estimate of drug-likeness (QED) is 0.869. The molecule has 0 radical (unpaired) electrons. The first kappa shape index (κ1) is 14.5. The summed E-state index contributed by atoms with van der Waals surface area (Å²) < 4.78 is 0.970. The molecule has 1 aromatic carbocycles. The number of nitrogens with one attached hydrogen (secondary N) is 2. The summed E-state index contributed by atoms with van der Waals surface area (Å²) >= 11 is 3.39. The number of carbonyl (C=O) groups excluding carboxylic acids is 1. The molecule has 104 valence electrons. The van der Waals surface area contributed by atoms with E-state index in [0.717, 1.165) is 16.1 Å². The van der Waals surface area contributed by atoms with Crippen LogP contribution in [0.25, 0.3) is 0 Å². The van der Waals surface area contributed by atoms with Gasteiger partial charge in [0.05, 0.1) is 6.54 Å². The van der Waals surface area contributed by atoms with Crippen LogP contribution in [0, 0.1) is 5.92 Å². The SMILES string of the molecule is C[C@@H](NCC(=O)Nc1cccc(Br)c1)C1CCCC1. The Bertz CT molecular complexity index is 430. The summed E-state index contributed by atoms with van der Waals surface area (Å²) in [4.78, 5) is 11.9. The lowest BCUT2D eigenvalue weighted by atomic mass is 10.00. The molecular formula is C15H21BrN2O. The van der Waals surface area contributed by atoms with Crippen LogP contribution in [-0.2, 0) is 4.79 Å². The minimum absolute atomic E-state index is 0.0166. The lowest BCUT2D eigenvalue weighted by Crippen LogP contribution is -2.38. The Kier molecular flexibility index (Phi) is 5.40. The van der Waals surface area contributed by atoms with E-state index in [1.54, 1.807) is 0 Å². The Morgan fingerprint density at radius 1 is 1.42 bits per heavy atom. The highest BCUT2D eigenvalue weighted by Crippen LogP contribution is 2.27. The third-order valence-corrected chi connectivity index (χ3v) is 4.29. The summed E-state index contributed by atoms with van der Waals surface area (Å²) in [6.07, 6.45) is 5.25. The van der Waals surface area contributed by atoms with Gasteiger partial charge < -0.3 is 10.6 Å². The van der Waals surface area contributed by atoms with Gasteiger partial charge in [0.2, 0.25) is 5.91 Å². The first-order valence-corrected chi connectivity index (χ1v) is 7.73. The van der Waals surface area contributed by atoms with Crippen LogP contribution in [0.5, 0.6) is 0 Å². The molecule has 0 spiro atoms. The van der Waals surface area contributed by atoms with E-state index in [1.807, 2.05) is 24.3 Å². The number of rotatable bonds is 5. The normalized spacial score (nSPS) is 17.4. The van der Waals surface area contributed by atoms with Gasteiger partial charge >= 0.3 is 0 Å². The van der Waals surface area contributed by atoms with E-state index in [-0.39, 0.29) is 5.91 Å². The monoisotopic (exact) mass is 324 g/mol. The van der Waals surface area contributed by atoms with Gasteiger partial charge in [0.25, 0.3) is 0 Å². The second-order valence-electron chi connectivity index (χ2n) is 5.27. The van der Waals surface area contributed by atoms with Gasteiger partial charge in [0, 0.05) is 16.2 Å². The molecule has 3 nitrogen and oxygen atoms in total. The molecule has 4 heteroatoms. The smallest absolute Gasteiger partial charge is 0.238 e. The highest BCUT2D eigenvalue weighted by atomic mass is 79.9. The van der Waals surface area contributed by atoms with E-state index in [1.165, 1.54) is 25.7 Å². The first-order valence-electron chi connectivity index (χ1n) is 6.94. The van der Waals surface area contributed by atoms with Crippen molar-refractivity contribution >= 4 is 27.5 Å². The van der Waals surface area contributed by atoms with Crippen molar-refractivity contribution in [2.45, 2.75) is 38.6 Å². The average molecular weight is 325 g/mol. The van der Waals surface area contributed by atoms with Crippen molar-refractivity contribution in [2.24, 2.45) is 5.92 Å². The molecule has 0 saturated heterocycles. The van der Waals surface area contributed by atoms with Gasteiger partial charge in [-0.3, -0.25) is 4.79 Å². The van der Waals surface area contributed by atoms with Gasteiger partial charge in [-0.2, -0.15) is 0 Å². The second-order valence-corrected chi connectivity index (χ2v) is 6.19. The number of halogens is 1. The van der Waals surface area contributed by atoms with Crippen LogP contribution in [0.2, 0.25) is 0 Å². The Balaban J connectivity index is 1.75. The predicted octanol–water partition coefficient (Wildman–Crippen LogP) is 3.56. The molecule has 1 fully saturated rings. The molecule has 2 rings (SSSR count). The van der Waals surface area contributed by atoms with Gasteiger partial charge in [-0.15, -0.1) is 0 Å². The van der Waals surface area contributed by atoms with Crippen molar-refractivity contribution in [3.63, 3.8) is 0 Å². The molecule has 0 unspecified atom stereocenters. The van der Waals surface area contributed by atoms with E-state index in [4.69, 9.17) is 0 Å². The molecule has 0 aromatic heterocycles. The van der Waals surface area contributed by atoms with E-state index < -0.39 is 0 Å². The minimum Gasteiger partial charge on any atom is -0.325 e. The molecular weight excluding hydrogens is 304 g/mol. The number of hydrogen-bond donors (Lipinski definition) is 2. The van der Waals surface area contributed by atoms with Gasteiger partial charge in [0.1, 0.15) is 0 Å². The summed E-state index contributed by atoms with van der Waals surface area (Å²) in [6.45, 7) is 2.56. The van der Waals surface area contributed by atoms with Gasteiger partial charge in [-0.1, -0.05) is 34.8 Å². The van der Waals surface area contributed by atoms with Crippen molar-refractivity contribution in [1.29, 1.82) is 0 Å². The predicted molar refractivity (Wildman–Crippen MR) is 82.2 cm³/mol. The lowest BCUT2D eigenvalue weighted by Gasteiger charge is -2.20. The topological polar surface area (TPSA) is 41.1 Å². The van der Waals surface area contributed by atoms with Crippen LogP contribution in [0.4, 0.5) is 5.69 Å². The lowest BCUT2D eigenvalue weighted by molar-refractivity contribution is -0.115. The number of amides is 1. The van der Waals surface area contributed by atoms with E-state index in [0.29, 0.717) is 12.6 Å². The largest absolute Gasteiger partial charge is 0.325 e. The number of hydrogen-bond acceptors (Lipinski definition) is 2. The highest BCUT2D eigenvalue weighted by Gasteiger charge is 2.21. The van der Waals surface area contributed by atoms with E-state index in [2.05, 4.69) is 33.5 Å². The Hall–Kier alpha value is -0.870. The van der Waals surface area contributed by atoms with Gasteiger partial charge in [-0.25, -0.2) is 0 Å². The Labute approximate surface area is 123 Å². The zero-order chi connectivity index (χ0) is 13.7. The molecule has 19 heavy (non-hydrogen) atoms. The van der Waals surface area contributed by atoms with Gasteiger partial charge in [0.15, 0.2) is 0 Å². The minimum atomic E-state index is 0.0166. The summed E-state index contributed by atoms with van der Waals surface area (Å²) in [5.74, 6) is 0.751. The molecule has 1 amide bonds. The van der Waals surface area contributed by atoms with Crippen LogP contribution in [0.15, 0.2) is 28.7 Å². The zero-order valence-corrected chi connectivity index (χ0v) is 12.9. The number of anilines is 1. The van der Waals surface area contributed by atoms with Crippen molar-refractivity contribution in [3.8, 4) is 0 Å². The van der Waals surface area contributed by atoms with Crippen molar-refractivity contribution < 1.29 is 4.79 Å². The first-order chi connectivity index (χ1) is 9.15. The van der Waals surface area contributed by atoms with Crippen LogP contribution in [0.1, 0.15) is 32.6 Å². The maximum Gasteiger partial charge on any atom is 0.238 e. The number of carbonyl (C=O) groups is 1. The fourth-order valence-corrected chi connectivity index (χ4v) is 3.05. The third-order valence-electron chi connectivity index (χ3n) is 3.80. The molecule has 1 atom stereocenters. The second kappa shape index (κ2) is 7.06. The fourth-order valence-electron chi connectivity index (χ4n) is 2.65. The Morgan fingerprint density at radius 2 is 2.16 bits per heavy atom. The molecule has 1 saturated carbocycles. The van der Waals surface area contributed by atoms with Crippen molar-refractivity contribution in [1.82, 2.24) is 5.32 Å². The molecule has 2 N–H and O–H groups in total. The maximum atomic E-state index is 11.9. The summed E-state index contributed by atoms with van der Waals surface area (Å²) in [5, 5.41) is 6.23. The van der Waals surface area contributed by atoms with Crippen molar-refractivity contribution in [2.75, 3.05) is 11.9 Å². The summed E-state index contributed by atoms with van der Waals surface area (Å²) in [5.41, 5.74) is 0.828. The maximum absolute atomic E-state index is 11.9. The highest BCUT2D eigenvalue weighted by molar-refractivity contribution is 9.10. The van der Waals surface area contributed by atoms with E-state index in [9.17, 15) is 4.79 Å². The molecule has 0 bridgehead atoms. The standard InChI is InChI=1S/C15H21BrN2O/c1-11(12-5-2-3-6-12)17-10-15(19)18-14-8-4-7-13(16)9-14/h4,7-9,11-12,17H,2-3,5-6,10H2,1H3,(H,18,19)/t11-/m1/s1. The van der Waals surface area contributed by atoms with E-state index >= 15 is 0 Å². The fraction of sp³-hybridized carbons (Fsp3) is 0.533. The molecule has 1 aliphatic rings. The van der Waals surface area contributed by atoms with Crippen LogP contribution < -0.4 is 10.6 Å². The zero-order valence-electron chi connectivity index (χ0n) is 11.3. The Morgan fingerprint density at radius 3 is 2.84 bits per heavy atom. The summed E-state index contributed by atoms with van der Waals surface area (Å²) in [6, 6.07) is 8.07. The molecule has 0 aliphatic heterocycles. The van der Waals surface area contributed by atoms with Crippen molar-refractivity contribution in [3.05, 3.63) is 28.7 Å². The van der Waals surface area contributed by atoms with Gasteiger partial charge in [-0.05, 0) is 43.9 Å². The molecule has 1 aromatic rings. The summed E-state index contributed by atoms with van der Waals surface area (Å²) in [7, 11) is 0. The average Bonchev–Trinajstić information content (AvgIpc) is 2.90.